The molecule has 2 aromatic carbocycles. The highest BCUT2D eigenvalue weighted by molar-refractivity contribution is 9.10. The van der Waals surface area contributed by atoms with Gasteiger partial charge in [0.05, 0.1) is 16.0 Å². The Bertz CT molecular complexity index is 1390. The molecule has 0 N–H and O–H groups in total. The number of aryl methyl sites for hydroxylation is 1. The number of likely N-dealkylation sites (tertiary alicyclic amines) is 1. The zero-order valence-electron chi connectivity index (χ0n) is 20.9. The van der Waals surface area contributed by atoms with E-state index in [1.165, 1.54) is 24.3 Å². The van der Waals surface area contributed by atoms with Gasteiger partial charge in [0, 0.05) is 13.1 Å². The van der Waals surface area contributed by atoms with Crippen molar-refractivity contribution in [2.24, 2.45) is 0 Å². The van der Waals surface area contributed by atoms with E-state index in [2.05, 4.69) is 15.9 Å². The second-order valence-corrected chi connectivity index (χ2v) is 12.2. The highest BCUT2D eigenvalue weighted by Gasteiger charge is 2.37. The average molecular weight is 624 g/mol. The molecule has 3 amide bonds. The van der Waals surface area contributed by atoms with Crippen LogP contribution < -0.4 is 8.92 Å². The van der Waals surface area contributed by atoms with Crippen LogP contribution in [0.5, 0.6) is 11.5 Å². The Morgan fingerprint density at radius 3 is 2.45 bits per heavy atom. The molecule has 12 heteroatoms. The lowest BCUT2D eigenvalue weighted by Gasteiger charge is -2.27. The van der Waals surface area contributed by atoms with E-state index in [4.69, 9.17) is 8.92 Å². The smallest absolute Gasteiger partial charge is 0.339 e. The van der Waals surface area contributed by atoms with Crippen molar-refractivity contribution in [3.8, 4) is 11.5 Å². The van der Waals surface area contributed by atoms with Crippen LogP contribution in [0, 0.1) is 6.92 Å². The minimum absolute atomic E-state index is 0.00528. The summed E-state index contributed by atoms with van der Waals surface area (Å²) in [6.07, 6.45) is 4.39. The number of thioether (sulfide) groups is 1. The minimum atomic E-state index is -4.14. The third-order valence-electron chi connectivity index (χ3n) is 6.01. The first-order valence-electron chi connectivity index (χ1n) is 12.1. The largest absolute Gasteiger partial charge is 0.490 e. The van der Waals surface area contributed by atoms with Crippen molar-refractivity contribution in [1.82, 2.24) is 9.80 Å². The van der Waals surface area contributed by atoms with E-state index < -0.39 is 21.3 Å². The highest BCUT2D eigenvalue weighted by atomic mass is 79.9. The van der Waals surface area contributed by atoms with Gasteiger partial charge in [-0.3, -0.25) is 19.3 Å². The van der Waals surface area contributed by atoms with Gasteiger partial charge in [0.2, 0.25) is 5.91 Å². The standard InChI is InChI=1S/C26H27BrN2O7S2/c1-3-35-21-14-18(13-20(27)24(21)36-38(33,34)19-9-7-17(2)8-10-19)15-22-25(31)29(26(32)37-22)16-23(30)28-11-5-4-6-12-28/h7-10,13-15H,3-6,11-12,16H2,1-2H3/b22-15-. The van der Waals surface area contributed by atoms with Gasteiger partial charge >= 0.3 is 10.1 Å². The first-order valence-corrected chi connectivity index (χ1v) is 15.1. The molecule has 202 valence electrons. The van der Waals surface area contributed by atoms with Crippen molar-refractivity contribution < 1.29 is 31.7 Å². The molecule has 2 aromatic rings. The molecule has 0 radical (unpaired) electrons. The van der Waals surface area contributed by atoms with Crippen LogP contribution >= 0.6 is 27.7 Å². The predicted molar refractivity (Wildman–Crippen MR) is 147 cm³/mol. The topological polar surface area (TPSA) is 110 Å². The lowest BCUT2D eigenvalue weighted by atomic mass is 10.1. The van der Waals surface area contributed by atoms with Gasteiger partial charge in [0.15, 0.2) is 11.5 Å². The van der Waals surface area contributed by atoms with E-state index in [1.807, 2.05) is 6.92 Å². The van der Waals surface area contributed by atoms with Crippen LogP contribution in [-0.4, -0.2) is 61.5 Å². The Hall–Kier alpha value is -2.83. The summed E-state index contributed by atoms with van der Waals surface area (Å²) in [7, 11) is -4.14. The number of carbonyl (C=O) groups is 3. The van der Waals surface area contributed by atoms with Crippen molar-refractivity contribution in [1.29, 1.82) is 0 Å². The molecular weight excluding hydrogens is 596 g/mol. The van der Waals surface area contributed by atoms with E-state index in [9.17, 15) is 22.8 Å². The SMILES string of the molecule is CCOc1cc(/C=C2\SC(=O)N(CC(=O)N3CCCCC3)C2=O)cc(Br)c1OS(=O)(=O)c1ccc(C)cc1. The zero-order valence-corrected chi connectivity index (χ0v) is 24.2. The summed E-state index contributed by atoms with van der Waals surface area (Å²) < 4.78 is 37.1. The average Bonchev–Trinajstić information content (AvgIpc) is 3.14. The maximum atomic E-state index is 13.0. The first-order chi connectivity index (χ1) is 18.1. The van der Waals surface area contributed by atoms with Gasteiger partial charge in [-0.05, 0) is 96.7 Å². The van der Waals surface area contributed by atoms with Crippen molar-refractivity contribution >= 4 is 60.9 Å². The first kappa shape index (κ1) is 28.2. The Labute approximate surface area is 234 Å². The quantitative estimate of drug-likeness (QED) is 0.300. The van der Waals surface area contributed by atoms with Crippen LogP contribution in [-0.2, 0) is 19.7 Å². The molecule has 2 aliphatic heterocycles. The zero-order chi connectivity index (χ0) is 27.4. The summed E-state index contributed by atoms with van der Waals surface area (Å²) in [5, 5.41) is -0.514. The van der Waals surface area contributed by atoms with Gasteiger partial charge in [0.1, 0.15) is 11.4 Å². The predicted octanol–water partition coefficient (Wildman–Crippen LogP) is 4.97. The number of nitrogens with zero attached hydrogens (tertiary/aromatic N) is 2. The molecule has 0 aliphatic carbocycles. The molecule has 4 rings (SSSR count). The second kappa shape index (κ2) is 11.9. The van der Waals surface area contributed by atoms with Crippen molar-refractivity contribution in [3.63, 3.8) is 0 Å². The number of imide groups is 1. The molecule has 0 unspecified atom stereocenters. The second-order valence-electron chi connectivity index (χ2n) is 8.82. The van der Waals surface area contributed by atoms with Crippen LogP contribution in [0.1, 0.15) is 37.3 Å². The molecule has 0 aromatic heterocycles. The number of piperidine rings is 1. The number of amides is 3. The number of hydrogen-bond donors (Lipinski definition) is 0. The molecule has 0 spiro atoms. The fraction of sp³-hybridized carbons (Fsp3) is 0.346. The molecule has 0 saturated carbocycles. The van der Waals surface area contributed by atoms with Crippen LogP contribution in [0.3, 0.4) is 0 Å². The maximum absolute atomic E-state index is 13.0. The molecule has 2 fully saturated rings. The van der Waals surface area contributed by atoms with Crippen molar-refractivity contribution in [2.45, 2.75) is 38.0 Å². The lowest BCUT2D eigenvalue weighted by Crippen LogP contribution is -2.44. The molecule has 2 saturated heterocycles. The molecular formula is C26H27BrN2O7S2. The molecule has 0 bridgehead atoms. The molecule has 38 heavy (non-hydrogen) atoms. The molecule has 0 atom stereocenters. The van der Waals surface area contributed by atoms with Crippen molar-refractivity contribution in [2.75, 3.05) is 26.2 Å². The van der Waals surface area contributed by atoms with Gasteiger partial charge in [0.25, 0.3) is 11.1 Å². The Balaban J connectivity index is 1.56. The van der Waals surface area contributed by atoms with Gasteiger partial charge in [-0.2, -0.15) is 8.42 Å². The van der Waals surface area contributed by atoms with Crippen LogP contribution in [0.15, 0.2) is 50.7 Å². The summed E-state index contributed by atoms with van der Waals surface area (Å²) in [4.78, 5) is 40.9. The number of carbonyl (C=O) groups excluding carboxylic acids is 3. The summed E-state index contributed by atoms with van der Waals surface area (Å²) in [6.45, 7) is 4.79. The van der Waals surface area contributed by atoms with Gasteiger partial charge in [-0.25, -0.2) is 0 Å². The normalized spacial score (nSPS) is 17.3. The number of rotatable bonds is 8. The monoisotopic (exact) mass is 622 g/mol. The van der Waals surface area contributed by atoms with E-state index in [0.717, 1.165) is 41.5 Å². The third-order valence-corrected chi connectivity index (χ3v) is 8.74. The van der Waals surface area contributed by atoms with Crippen LogP contribution in [0.25, 0.3) is 6.08 Å². The number of benzene rings is 2. The summed E-state index contributed by atoms with van der Waals surface area (Å²) >= 11 is 4.10. The van der Waals surface area contributed by atoms with E-state index in [0.29, 0.717) is 18.7 Å². The minimum Gasteiger partial charge on any atom is -0.490 e. The highest BCUT2D eigenvalue weighted by Crippen LogP contribution is 2.40. The molecule has 9 nitrogen and oxygen atoms in total. The summed E-state index contributed by atoms with van der Waals surface area (Å²) in [5.74, 6) is -0.694. The molecule has 2 heterocycles. The summed E-state index contributed by atoms with van der Waals surface area (Å²) in [5.41, 5.74) is 1.39. The third kappa shape index (κ3) is 6.41. The van der Waals surface area contributed by atoms with E-state index in [1.54, 1.807) is 30.0 Å². The van der Waals surface area contributed by atoms with Crippen molar-refractivity contribution in [3.05, 3.63) is 56.9 Å². The fourth-order valence-corrected chi connectivity index (χ4v) is 6.49. The van der Waals surface area contributed by atoms with Gasteiger partial charge in [-0.15, -0.1) is 0 Å². The number of halogens is 1. The van der Waals surface area contributed by atoms with Gasteiger partial charge < -0.3 is 13.8 Å². The summed E-state index contributed by atoms with van der Waals surface area (Å²) in [6, 6.07) is 9.35. The van der Waals surface area contributed by atoms with E-state index >= 15 is 0 Å². The van der Waals surface area contributed by atoms with Crippen LogP contribution in [0.4, 0.5) is 4.79 Å². The Morgan fingerprint density at radius 1 is 1.11 bits per heavy atom. The fourth-order valence-electron chi connectivity index (χ4n) is 4.04. The number of hydrogen-bond acceptors (Lipinski definition) is 8. The number of ether oxygens (including phenoxy) is 1. The maximum Gasteiger partial charge on any atom is 0.339 e. The van der Waals surface area contributed by atoms with E-state index in [-0.39, 0.29) is 44.8 Å². The molecule has 2 aliphatic rings. The van der Waals surface area contributed by atoms with Crippen LogP contribution in [0.2, 0.25) is 0 Å². The van der Waals surface area contributed by atoms with Gasteiger partial charge in [-0.1, -0.05) is 17.7 Å². The lowest BCUT2D eigenvalue weighted by molar-refractivity contribution is -0.136. The Morgan fingerprint density at radius 2 is 1.79 bits per heavy atom. The Kier molecular flexibility index (Phi) is 8.84.